The first-order valence-corrected chi connectivity index (χ1v) is 9.09. The first-order valence-electron chi connectivity index (χ1n) is 9.09. The normalized spacial score (nSPS) is 12.0. The molecule has 1 atom stereocenters. The third kappa shape index (κ3) is 3.60. The van der Waals surface area contributed by atoms with Crippen molar-refractivity contribution < 1.29 is 14.7 Å². The van der Waals surface area contributed by atoms with Crippen LogP contribution in [0.15, 0.2) is 61.1 Å². The molecule has 1 unspecified atom stereocenters. The third-order valence-electron chi connectivity index (χ3n) is 4.82. The molecule has 0 radical (unpaired) electrons. The molecule has 3 N–H and O–H groups in total. The SMILES string of the molecule is Cc1c(C(=O)NC(Cc2c[nH]c3ccccc23)C(=O)O)cnn1-c1ccccn1. The van der Waals surface area contributed by atoms with Crippen molar-refractivity contribution in [1.82, 2.24) is 25.1 Å². The van der Waals surface area contributed by atoms with Crippen LogP contribution in [0.2, 0.25) is 0 Å². The van der Waals surface area contributed by atoms with E-state index in [0.717, 1.165) is 16.5 Å². The molecule has 0 aliphatic carbocycles. The van der Waals surface area contributed by atoms with Gasteiger partial charge in [0.05, 0.1) is 17.5 Å². The summed E-state index contributed by atoms with van der Waals surface area (Å²) >= 11 is 0. The van der Waals surface area contributed by atoms with E-state index in [1.807, 2.05) is 30.3 Å². The summed E-state index contributed by atoms with van der Waals surface area (Å²) in [6.45, 7) is 1.74. The van der Waals surface area contributed by atoms with Gasteiger partial charge in [0.15, 0.2) is 5.82 Å². The predicted molar refractivity (Wildman–Crippen MR) is 107 cm³/mol. The summed E-state index contributed by atoms with van der Waals surface area (Å²) in [6.07, 6.45) is 5.00. The van der Waals surface area contributed by atoms with Gasteiger partial charge in [0, 0.05) is 29.7 Å². The van der Waals surface area contributed by atoms with Crippen molar-refractivity contribution in [3.63, 3.8) is 0 Å². The quantitative estimate of drug-likeness (QED) is 0.469. The fraction of sp³-hybridized carbons (Fsp3) is 0.143. The van der Waals surface area contributed by atoms with Gasteiger partial charge < -0.3 is 15.4 Å². The molecule has 4 aromatic rings. The van der Waals surface area contributed by atoms with E-state index in [9.17, 15) is 14.7 Å². The number of aromatic nitrogens is 4. The zero-order valence-electron chi connectivity index (χ0n) is 15.7. The first-order chi connectivity index (χ1) is 14.0. The molecule has 4 rings (SSSR count). The van der Waals surface area contributed by atoms with E-state index in [-0.39, 0.29) is 6.42 Å². The molecule has 3 heterocycles. The van der Waals surface area contributed by atoms with Crippen LogP contribution < -0.4 is 5.32 Å². The van der Waals surface area contributed by atoms with Gasteiger partial charge in [-0.05, 0) is 30.7 Å². The predicted octanol–water partition coefficient (Wildman–Crippen LogP) is 2.48. The summed E-state index contributed by atoms with van der Waals surface area (Å²) in [5.74, 6) is -1.01. The van der Waals surface area contributed by atoms with Crippen LogP contribution in [0.3, 0.4) is 0 Å². The van der Waals surface area contributed by atoms with E-state index < -0.39 is 17.9 Å². The van der Waals surface area contributed by atoms with Gasteiger partial charge in [-0.25, -0.2) is 14.5 Å². The highest BCUT2D eigenvalue weighted by atomic mass is 16.4. The average molecular weight is 389 g/mol. The van der Waals surface area contributed by atoms with Crippen molar-refractivity contribution in [3.05, 3.63) is 77.9 Å². The molecule has 8 heteroatoms. The molecule has 0 fully saturated rings. The van der Waals surface area contributed by atoms with E-state index >= 15 is 0 Å². The number of rotatable bonds is 6. The highest BCUT2D eigenvalue weighted by Gasteiger charge is 2.24. The number of carboxylic acids is 1. The highest BCUT2D eigenvalue weighted by molar-refractivity contribution is 5.97. The van der Waals surface area contributed by atoms with Crippen LogP contribution in [0, 0.1) is 6.92 Å². The molecule has 146 valence electrons. The van der Waals surface area contributed by atoms with E-state index in [2.05, 4.69) is 20.4 Å². The van der Waals surface area contributed by atoms with Crippen molar-refractivity contribution >= 4 is 22.8 Å². The van der Waals surface area contributed by atoms with Gasteiger partial charge in [-0.2, -0.15) is 5.10 Å². The van der Waals surface area contributed by atoms with Gasteiger partial charge in [0.1, 0.15) is 6.04 Å². The summed E-state index contributed by atoms with van der Waals surface area (Å²) in [5, 5.41) is 17.4. The lowest BCUT2D eigenvalue weighted by atomic mass is 10.0. The van der Waals surface area contributed by atoms with E-state index in [4.69, 9.17) is 0 Å². The summed E-state index contributed by atoms with van der Waals surface area (Å²) in [7, 11) is 0. The zero-order valence-corrected chi connectivity index (χ0v) is 15.7. The van der Waals surface area contributed by atoms with Gasteiger partial charge in [-0.3, -0.25) is 4.79 Å². The minimum Gasteiger partial charge on any atom is -0.480 e. The number of nitrogens with one attached hydrogen (secondary N) is 2. The Morgan fingerprint density at radius 3 is 2.76 bits per heavy atom. The summed E-state index contributed by atoms with van der Waals surface area (Å²) < 4.78 is 1.55. The smallest absolute Gasteiger partial charge is 0.326 e. The fourth-order valence-corrected chi connectivity index (χ4v) is 3.30. The van der Waals surface area contributed by atoms with Crippen molar-refractivity contribution in [2.45, 2.75) is 19.4 Å². The second-order valence-corrected chi connectivity index (χ2v) is 6.67. The third-order valence-corrected chi connectivity index (χ3v) is 4.82. The largest absolute Gasteiger partial charge is 0.480 e. The molecule has 29 heavy (non-hydrogen) atoms. The summed E-state index contributed by atoms with van der Waals surface area (Å²) in [6, 6.07) is 12.0. The second-order valence-electron chi connectivity index (χ2n) is 6.67. The maximum Gasteiger partial charge on any atom is 0.326 e. The molecule has 8 nitrogen and oxygen atoms in total. The number of aromatic amines is 1. The number of amides is 1. The Labute approximate surface area is 166 Å². The summed E-state index contributed by atoms with van der Waals surface area (Å²) in [5.41, 5.74) is 2.64. The number of nitrogens with zero attached hydrogens (tertiary/aromatic N) is 3. The van der Waals surface area contributed by atoms with Gasteiger partial charge in [0.25, 0.3) is 5.91 Å². The van der Waals surface area contributed by atoms with E-state index in [1.165, 1.54) is 6.20 Å². The van der Waals surface area contributed by atoms with Crippen LogP contribution in [-0.4, -0.2) is 42.8 Å². The number of para-hydroxylation sites is 1. The number of carbonyl (C=O) groups is 2. The minimum absolute atomic E-state index is 0.165. The Balaban J connectivity index is 1.56. The lowest BCUT2D eigenvalue weighted by Crippen LogP contribution is -2.42. The molecule has 0 spiro atoms. The fourth-order valence-electron chi connectivity index (χ4n) is 3.30. The standard InChI is InChI=1S/C21H19N5O3/c1-13-16(12-24-26(13)19-8-4-5-9-22-19)20(27)25-18(21(28)29)10-14-11-23-17-7-3-2-6-15(14)17/h2-9,11-12,18,23H,10H2,1H3,(H,25,27)(H,28,29). The lowest BCUT2D eigenvalue weighted by molar-refractivity contribution is -0.139. The molecule has 0 aliphatic heterocycles. The number of pyridine rings is 1. The lowest BCUT2D eigenvalue weighted by Gasteiger charge is -2.14. The van der Waals surface area contributed by atoms with Crippen molar-refractivity contribution in [2.24, 2.45) is 0 Å². The number of hydrogen-bond acceptors (Lipinski definition) is 4. The maximum absolute atomic E-state index is 12.8. The first kappa shape index (κ1) is 18.4. The number of hydrogen-bond donors (Lipinski definition) is 3. The Morgan fingerprint density at radius 2 is 2.00 bits per heavy atom. The number of carboxylic acid groups (broad SMARTS) is 1. The van der Waals surface area contributed by atoms with Gasteiger partial charge in [0.2, 0.25) is 0 Å². The van der Waals surface area contributed by atoms with Crippen molar-refractivity contribution in [1.29, 1.82) is 0 Å². The van der Waals surface area contributed by atoms with Crippen molar-refractivity contribution in [2.75, 3.05) is 0 Å². The van der Waals surface area contributed by atoms with Gasteiger partial charge in [-0.1, -0.05) is 24.3 Å². The number of benzene rings is 1. The number of fused-ring (bicyclic) bond motifs is 1. The second kappa shape index (κ2) is 7.59. The van der Waals surface area contributed by atoms with Gasteiger partial charge >= 0.3 is 5.97 Å². The molecule has 0 aliphatic rings. The molecule has 0 saturated carbocycles. The number of carbonyl (C=O) groups excluding carboxylic acids is 1. The Bertz CT molecular complexity index is 1180. The number of H-pyrrole nitrogens is 1. The van der Waals surface area contributed by atoms with Crippen LogP contribution in [0.5, 0.6) is 0 Å². The van der Waals surface area contributed by atoms with Crippen LogP contribution in [0.25, 0.3) is 16.7 Å². The monoisotopic (exact) mass is 389 g/mol. The highest BCUT2D eigenvalue weighted by Crippen LogP contribution is 2.19. The Morgan fingerprint density at radius 1 is 1.21 bits per heavy atom. The van der Waals surface area contributed by atoms with Crippen molar-refractivity contribution in [3.8, 4) is 5.82 Å². The van der Waals surface area contributed by atoms with E-state index in [0.29, 0.717) is 17.1 Å². The molecular weight excluding hydrogens is 370 g/mol. The van der Waals surface area contributed by atoms with Gasteiger partial charge in [-0.15, -0.1) is 0 Å². The molecule has 3 aromatic heterocycles. The Kier molecular flexibility index (Phi) is 4.82. The molecule has 0 bridgehead atoms. The molecular formula is C21H19N5O3. The molecule has 1 aromatic carbocycles. The summed E-state index contributed by atoms with van der Waals surface area (Å²) in [4.78, 5) is 31.9. The topological polar surface area (TPSA) is 113 Å². The zero-order chi connectivity index (χ0) is 20.4. The van der Waals surface area contributed by atoms with E-state index in [1.54, 1.807) is 36.1 Å². The van der Waals surface area contributed by atoms with Crippen LogP contribution in [0.1, 0.15) is 21.6 Å². The molecule has 0 saturated heterocycles. The average Bonchev–Trinajstić information content (AvgIpc) is 3.31. The van der Waals surface area contributed by atoms with Crippen LogP contribution in [0.4, 0.5) is 0 Å². The maximum atomic E-state index is 12.8. The van der Waals surface area contributed by atoms with Crippen LogP contribution >= 0.6 is 0 Å². The van der Waals surface area contributed by atoms with Crippen LogP contribution in [-0.2, 0) is 11.2 Å². The minimum atomic E-state index is -1.10. The Hall–Kier alpha value is -3.94. The number of aliphatic carboxylic acids is 1. The molecule has 1 amide bonds.